The van der Waals surface area contributed by atoms with E-state index in [-0.39, 0.29) is 0 Å². The number of hydrogen-bond acceptors (Lipinski definition) is 3. The van der Waals surface area contributed by atoms with Crippen molar-refractivity contribution in [2.45, 2.75) is 25.5 Å². The lowest BCUT2D eigenvalue weighted by Crippen LogP contribution is -2.25. The van der Waals surface area contributed by atoms with Crippen LogP contribution in [0.25, 0.3) is 0 Å². The lowest BCUT2D eigenvalue weighted by Gasteiger charge is -2.10. The van der Waals surface area contributed by atoms with E-state index in [0.717, 1.165) is 38.0 Å². The Morgan fingerprint density at radius 2 is 2.19 bits per heavy atom. The van der Waals surface area contributed by atoms with Gasteiger partial charge in [0, 0.05) is 25.3 Å². The van der Waals surface area contributed by atoms with Crippen LogP contribution >= 0.6 is 0 Å². The Labute approximate surface area is 95.8 Å². The second-order valence-electron chi connectivity index (χ2n) is 4.13. The first-order valence-corrected chi connectivity index (χ1v) is 5.75. The lowest BCUT2D eigenvalue weighted by molar-refractivity contribution is 0.110. The SMILES string of the molecule is O=Cc1ccc(CNCC2CCCO2)cc1. The van der Waals surface area contributed by atoms with Gasteiger partial charge in [0.05, 0.1) is 6.10 Å². The van der Waals surface area contributed by atoms with Crippen LogP contribution in [-0.4, -0.2) is 25.5 Å². The van der Waals surface area contributed by atoms with Crippen LogP contribution in [0.2, 0.25) is 0 Å². The number of benzene rings is 1. The van der Waals surface area contributed by atoms with Crippen LogP contribution < -0.4 is 5.32 Å². The fraction of sp³-hybridized carbons (Fsp3) is 0.462. The Kier molecular flexibility index (Phi) is 4.08. The molecule has 1 N–H and O–H groups in total. The molecule has 0 saturated carbocycles. The summed E-state index contributed by atoms with van der Waals surface area (Å²) in [6.45, 7) is 2.65. The first-order chi connectivity index (χ1) is 7.88. The van der Waals surface area contributed by atoms with Gasteiger partial charge in [-0.2, -0.15) is 0 Å². The molecule has 0 radical (unpaired) electrons. The second-order valence-corrected chi connectivity index (χ2v) is 4.13. The zero-order valence-corrected chi connectivity index (χ0v) is 9.32. The van der Waals surface area contributed by atoms with E-state index >= 15 is 0 Å². The van der Waals surface area contributed by atoms with Gasteiger partial charge in [-0.25, -0.2) is 0 Å². The summed E-state index contributed by atoms with van der Waals surface area (Å²) in [6.07, 6.45) is 3.59. The van der Waals surface area contributed by atoms with Gasteiger partial charge in [0.25, 0.3) is 0 Å². The molecule has 1 aromatic carbocycles. The summed E-state index contributed by atoms with van der Waals surface area (Å²) >= 11 is 0. The molecule has 2 rings (SSSR count). The highest BCUT2D eigenvalue weighted by atomic mass is 16.5. The molecule has 16 heavy (non-hydrogen) atoms. The maximum absolute atomic E-state index is 10.5. The maximum atomic E-state index is 10.5. The minimum Gasteiger partial charge on any atom is -0.377 e. The minimum absolute atomic E-state index is 0.384. The fourth-order valence-electron chi connectivity index (χ4n) is 1.90. The highest BCUT2D eigenvalue weighted by Crippen LogP contribution is 2.10. The standard InChI is InChI=1S/C13H17NO2/c15-10-12-5-3-11(4-6-12)8-14-9-13-2-1-7-16-13/h3-6,10,13-14H,1-2,7-9H2. The van der Waals surface area contributed by atoms with Crippen LogP contribution in [0.3, 0.4) is 0 Å². The third kappa shape index (κ3) is 3.15. The van der Waals surface area contributed by atoms with Crippen molar-refractivity contribution in [3.63, 3.8) is 0 Å². The van der Waals surface area contributed by atoms with Crippen molar-refractivity contribution in [1.82, 2.24) is 5.32 Å². The maximum Gasteiger partial charge on any atom is 0.150 e. The molecule has 1 unspecified atom stereocenters. The van der Waals surface area contributed by atoms with Crippen molar-refractivity contribution in [1.29, 1.82) is 0 Å². The Hall–Kier alpha value is -1.19. The van der Waals surface area contributed by atoms with E-state index in [9.17, 15) is 4.79 Å². The zero-order valence-electron chi connectivity index (χ0n) is 9.32. The molecular weight excluding hydrogens is 202 g/mol. The Balaban J connectivity index is 1.73. The van der Waals surface area contributed by atoms with Gasteiger partial charge >= 0.3 is 0 Å². The molecule has 0 bridgehead atoms. The van der Waals surface area contributed by atoms with Gasteiger partial charge in [0.15, 0.2) is 0 Å². The Morgan fingerprint density at radius 1 is 1.38 bits per heavy atom. The smallest absolute Gasteiger partial charge is 0.150 e. The third-order valence-electron chi connectivity index (χ3n) is 2.84. The van der Waals surface area contributed by atoms with Crippen molar-refractivity contribution in [2.75, 3.05) is 13.2 Å². The summed E-state index contributed by atoms with van der Waals surface area (Å²) in [5.74, 6) is 0. The molecule has 1 aliphatic rings. The number of ether oxygens (including phenoxy) is 1. The number of rotatable bonds is 5. The van der Waals surface area contributed by atoms with Crippen LogP contribution in [0.15, 0.2) is 24.3 Å². The quantitative estimate of drug-likeness (QED) is 0.767. The van der Waals surface area contributed by atoms with Gasteiger partial charge in [-0.05, 0) is 18.4 Å². The van der Waals surface area contributed by atoms with Crippen molar-refractivity contribution >= 4 is 6.29 Å². The molecule has 0 amide bonds. The van der Waals surface area contributed by atoms with Crippen LogP contribution in [0.4, 0.5) is 0 Å². The summed E-state index contributed by atoms with van der Waals surface area (Å²) in [6, 6.07) is 7.64. The van der Waals surface area contributed by atoms with Crippen molar-refractivity contribution in [3.05, 3.63) is 35.4 Å². The van der Waals surface area contributed by atoms with Crippen LogP contribution in [-0.2, 0) is 11.3 Å². The molecule has 0 aliphatic carbocycles. The van der Waals surface area contributed by atoms with Crippen molar-refractivity contribution < 1.29 is 9.53 Å². The van der Waals surface area contributed by atoms with Gasteiger partial charge in [-0.3, -0.25) is 4.79 Å². The molecule has 3 nitrogen and oxygen atoms in total. The van der Waals surface area contributed by atoms with E-state index in [1.807, 2.05) is 24.3 Å². The summed E-state index contributed by atoms with van der Waals surface area (Å²) in [7, 11) is 0. The van der Waals surface area contributed by atoms with Crippen LogP contribution in [0.5, 0.6) is 0 Å². The molecule has 1 saturated heterocycles. The number of carbonyl (C=O) groups is 1. The van der Waals surface area contributed by atoms with Gasteiger partial charge in [0.2, 0.25) is 0 Å². The van der Waals surface area contributed by atoms with E-state index in [0.29, 0.717) is 6.10 Å². The number of carbonyl (C=O) groups excluding carboxylic acids is 1. The van der Waals surface area contributed by atoms with Crippen LogP contribution in [0, 0.1) is 0 Å². The lowest BCUT2D eigenvalue weighted by atomic mass is 10.1. The molecule has 1 aromatic rings. The fourth-order valence-corrected chi connectivity index (χ4v) is 1.90. The van der Waals surface area contributed by atoms with Crippen molar-refractivity contribution in [2.24, 2.45) is 0 Å². The summed E-state index contributed by atoms with van der Waals surface area (Å²) in [5.41, 5.74) is 1.92. The molecule has 86 valence electrons. The molecule has 3 heteroatoms. The average molecular weight is 219 g/mol. The van der Waals surface area contributed by atoms with E-state index in [1.54, 1.807) is 0 Å². The summed E-state index contributed by atoms with van der Waals surface area (Å²) < 4.78 is 5.52. The summed E-state index contributed by atoms with van der Waals surface area (Å²) in [4.78, 5) is 10.5. The third-order valence-corrected chi connectivity index (χ3v) is 2.84. The normalized spacial score (nSPS) is 19.9. The highest BCUT2D eigenvalue weighted by molar-refractivity contribution is 5.74. The van der Waals surface area contributed by atoms with Crippen molar-refractivity contribution in [3.8, 4) is 0 Å². The molecule has 0 aromatic heterocycles. The predicted molar refractivity (Wildman–Crippen MR) is 62.5 cm³/mol. The predicted octanol–water partition coefficient (Wildman–Crippen LogP) is 1.77. The second kappa shape index (κ2) is 5.77. The average Bonchev–Trinajstić information content (AvgIpc) is 2.83. The van der Waals surface area contributed by atoms with E-state index in [4.69, 9.17) is 4.74 Å². The van der Waals surface area contributed by atoms with Crippen LogP contribution in [0.1, 0.15) is 28.8 Å². The topological polar surface area (TPSA) is 38.3 Å². The Bertz CT molecular complexity index is 328. The van der Waals surface area contributed by atoms with Gasteiger partial charge in [-0.15, -0.1) is 0 Å². The minimum atomic E-state index is 0.384. The highest BCUT2D eigenvalue weighted by Gasteiger charge is 2.14. The molecule has 1 atom stereocenters. The van der Waals surface area contributed by atoms with Gasteiger partial charge < -0.3 is 10.1 Å². The monoisotopic (exact) mass is 219 g/mol. The molecular formula is C13H17NO2. The largest absolute Gasteiger partial charge is 0.377 e. The number of hydrogen-bond donors (Lipinski definition) is 1. The van der Waals surface area contributed by atoms with E-state index in [2.05, 4.69) is 5.32 Å². The molecule has 1 fully saturated rings. The number of aldehydes is 1. The zero-order chi connectivity index (χ0) is 11.2. The Morgan fingerprint density at radius 3 is 2.81 bits per heavy atom. The molecule has 0 spiro atoms. The number of nitrogens with one attached hydrogen (secondary N) is 1. The first kappa shape index (κ1) is 11.3. The summed E-state index contributed by atoms with van der Waals surface area (Å²) in [5, 5.41) is 3.37. The molecule has 1 heterocycles. The van der Waals surface area contributed by atoms with E-state index in [1.165, 1.54) is 12.0 Å². The van der Waals surface area contributed by atoms with Gasteiger partial charge in [0.1, 0.15) is 6.29 Å². The van der Waals surface area contributed by atoms with E-state index < -0.39 is 0 Å². The molecule has 1 aliphatic heterocycles. The van der Waals surface area contributed by atoms with Gasteiger partial charge in [-0.1, -0.05) is 24.3 Å². The first-order valence-electron chi connectivity index (χ1n) is 5.75.